The Hall–Kier alpha value is -1.81. The lowest BCUT2D eigenvalue weighted by Gasteiger charge is -2.07. The summed E-state index contributed by atoms with van der Waals surface area (Å²) in [6.45, 7) is 2.06. The van der Waals surface area contributed by atoms with Crippen molar-refractivity contribution in [2.75, 3.05) is 7.11 Å². The molecule has 1 atom stereocenters. The number of aromatic hydroxyl groups is 1. The van der Waals surface area contributed by atoms with Crippen LogP contribution in [0.3, 0.4) is 0 Å². The van der Waals surface area contributed by atoms with Crippen LogP contribution in [0.25, 0.3) is 0 Å². The Morgan fingerprint density at radius 3 is 2.86 bits per heavy atom. The van der Waals surface area contributed by atoms with Gasteiger partial charge in [-0.15, -0.1) is 0 Å². The summed E-state index contributed by atoms with van der Waals surface area (Å²) in [7, 11) is 1.49. The summed E-state index contributed by atoms with van der Waals surface area (Å²) >= 11 is 0. The number of Topliss-reactive ketones (excluding diaryl/α,β-unsaturated/α-hetero) is 1. The summed E-state index contributed by atoms with van der Waals surface area (Å²) in [6.07, 6.45) is 5.92. The van der Waals surface area contributed by atoms with Crippen molar-refractivity contribution < 1.29 is 19.7 Å². The van der Waals surface area contributed by atoms with Gasteiger partial charge in [0, 0.05) is 12.8 Å². The zero-order chi connectivity index (χ0) is 15.7. The van der Waals surface area contributed by atoms with E-state index in [1.807, 2.05) is 6.08 Å². The highest BCUT2D eigenvalue weighted by Gasteiger charge is 2.09. The number of benzene rings is 1. The van der Waals surface area contributed by atoms with Gasteiger partial charge in [-0.3, -0.25) is 4.79 Å². The van der Waals surface area contributed by atoms with E-state index >= 15 is 0 Å². The minimum absolute atomic E-state index is 0.0238. The zero-order valence-corrected chi connectivity index (χ0v) is 12.7. The normalized spacial score (nSPS) is 12.5. The Balaban J connectivity index is 2.42. The van der Waals surface area contributed by atoms with Gasteiger partial charge in [0.1, 0.15) is 5.78 Å². The number of rotatable bonds is 9. The number of carbonyl (C=O) groups excluding carboxylic acids is 1. The van der Waals surface area contributed by atoms with Crippen LogP contribution in [-0.2, 0) is 11.2 Å². The standard InChI is InChI=1S/C17H24O4/c1-3-4-5-6-14(18)12-15(19)9-7-13-8-10-16(20)17(11-13)21-2/h5-6,8,10-11,14,18,20H,3-4,7,9,12H2,1-2H3. The average molecular weight is 292 g/mol. The maximum absolute atomic E-state index is 11.8. The number of phenols is 1. The monoisotopic (exact) mass is 292 g/mol. The Labute approximate surface area is 126 Å². The van der Waals surface area contributed by atoms with Crippen molar-refractivity contribution in [2.45, 2.75) is 45.1 Å². The van der Waals surface area contributed by atoms with Crippen LogP contribution < -0.4 is 4.74 Å². The van der Waals surface area contributed by atoms with Crippen molar-refractivity contribution in [3.8, 4) is 11.5 Å². The fourth-order valence-corrected chi connectivity index (χ4v) is 1.98. The molecule has 0 radical (unpaired) electrons. The molecule has 0 bridgehead atoms. The van der Waals surface area contributed by atoms with Crippen LogP contribution >= 0.6 is 0 Å². The Kier molecular flexibility index (Phi) is 7.54. The second-order valence-electron chi connectivity index (χ2n) is 5.03. The maximum Gasteiger partial charge on any atom is 0.160 e. The number of phenolic OH excluding ortho intramolecular Hbond substituents is 1. The van der Waals surface area contributed by atoms with E-state index in [1.54, 1.807) is 24.3 Å². The van der Waals surface area contributed by atoms with Gasteiger partial charge in [0.25, 0.3) is 0 Å². The Morgan fingerprint density at radius 2 is 2.19 bits per heavy atom. The molecular weight excluding hydrogens is 268 g/mol. The molecule has 0 aromatic heterocycles. The summed E-state index contributed by atoms with van der Waals surface area (Å²) in [4.78, 5) is 11.8. The number of aliphatic hydroxyl groups is 1. The van der Waals surface area contributed by atoms with Crippen molar-refractivity contribution in [1.29, 1.82) is 0 Å². The van der Waals surface area contributed by atoms with E-state index < -0.39 is 6.10 Å². The smallest absolute Gasteiger partial charge is 0.160 e. The second-order valence-corrected chi connectivity index (χ2v) is 5.03. The van der Waals surface area contributed by atoms with Gasteiger partial charge in [-0.05, 0) is 30.5 Å². The van der Waals surface area contributed by atoms with Crippen LogP contribution in [0.4, 0.5) is 0 Å². The van der Waals surface area contributed by atoms with Gasteiger partial charge in [-0.25, -0.2) is 0 Å². The van der Waals surface area contributed by atoms with Gasteiger partial charge < -0.3 is 14.9 Å². The molecule has 0 heterocycles. The van der Waals surface area contributed by atoms with E-state index in [-0.39, 0.29) is 18.0 Å². The molecule has 0 amide bonds. The maximum atomic E-state index is 11.8. The van der Waals surface area contributed by atoms with E-state index in [2.05, 4.69) is 6.92 Å². The molecule has 0 aliphatic rings. The van der Waals surface area contributed by atoms with E-state index in [1.165, 1.54) is 7.11 Å². The highest BCUT2D eigenvalue weighted by Crippen LogP contribution is 2.26. The number of aryl methyl sites for hydroxylation is 1. The van der Waals surface area contributed by atoms with Gasteiger partial charge in [-0.2, -0.15) is 0 Å². The lowest BCUT2D eigenvalue weighted by atomic mass is 10.0. The molecule has 4 heteroatoms. The van der Waals surface area contributed by atoms with E-state index in [4.69, 9.17) is 4.74 Å². The number of aliphatic hydroxyl groups excluding tert-OH is 1. The van der Waals surface area contributed by atoms with Gasteiger partial charge in [0.05, 0.1) is 13.2 Å². The SMILES string of the molecule is CCCC=CC(O)CC(=O)CCc1ccc(O)c(OC)c1. The van der Waals surface area contributed by atoms with Gasteiger partial charge in [0.2, 0.25) is 0 Å². The molecule has 1 unspecified atom stereocenters. The van der Waals surface area contributed by atoms with Crippen molar-refractivity contribution in [2.24, 2.45) is 0 Å². The predicted octanol–water partition coefficient (Wildman–Crippen LogP) is 3.01. The molecule has 0 aliphatic heterocycles. The van der Waals surface area contributed by atoms with Crippen LogP contribution in [0.1, 0.15) is 38.2 Å². The molecular formula is C17H24O4. The Morgan fingerprint density at radius 1 is 1.43 bits per heavy atom. The summed E-state index contributed by atoms with van der Waals surface area (Å²) in [5, 5.41) is 19.2. The van der Waals surface area contributed by atoms with Crippen LogP contribution in [0, 0.1) is 0 Å². The molecule has 116 valence electrons. The van der Waals surface area contributed by atoms with Gasteiger partial charge in [0.15, 0.2) is 11.5 Å². The quantitative estimate of drug-likeness (QED) is 0.687. The number of unbranched alkanes of at least 4 members (excludes halogenated alkanes) is 1. The number of hydrogen-bond donors (Lipinski definition) is 2. The molecule has 4 nitrogen and oxygen atoms in total. The number of carbonyl (C=O) groups is 1. The third-order valence-electron chi connectivity index (χ3n) is 3.19. The first-order valence-electron chi connectivity index (χ1n) is 7.29. The number of ether oxygens (including phenoxy) is 1. The molecule has 0 aliphatic carbocycles. The predicted molar refractivity (Wildman–Crippen MR) is 82.7 cm³/mol. The van der Waals surface area contributed by atoms with E-state index in [9.17, 15) is 15.0 Å². The van der Waals surface area contributed by atoms with E-state index in [0.29, 0.717) is 18.6 Å². The molecule has 0 saturated heterocycles. The summed E-state index contributed by atoms with van der Waals surface area (Å²) < 4.78 is 5.03. The van der Waals surface area contributed by atoms with Crippen LogP contribution in [0.15, 0.2) is 30.4 Å². The second kappa shape index (κ2) is 9.19. The van der Waals surface area contributed by atoms with Crippen molar-refractivity contribution in [3.63, 3.8) is 0 Å². The number of hydrogen-bond acceptors (Lipinski definition) is 4. The first kappa shape index (κ1) is 17.2. The minimum atomic E-state index is -0.696. The van der Waals surface area contributed by atoms with Crippen LogP contribution in [0.2, 0.25) is 0 Å². The molecule has 0 saturated carbocycles. The van der Waals surface area contributed by atoms with Gasteiger partial charge >= 0.3 is 0 Å². The number of ketones is 1. The molecule has 1 aromatic rings. The topological polar surface area (TPSA) is 66.8 Å². The largest absolute Gasteiger partial charge is 0.504 e. The molecule has 1 rings (SSSR count). The lowest BCUT2D eigenvalue weighted by molar-refractivity contribution is -0.120. The number of allylic oxidation sites excluding steroid dienone is 1. The Bertz CT molecular complexity index is 480. The summed E-state index contributed by atoms with van der Waals surface area (Å²) in [5.41, 5.74) is 0.925. The summed E-state index contributed by atoms with van der Waals surface area (Å²) in [6, 6.07) is 5.05. The average Bonchev–Trinajstić information content (AvgIpc) is 2.46. The van der Waals surface area contributed by atoms with Crippen molar-refractivity contribution >= 4 is 5.78 Å². The fraction of sp³-hybridized carbons (Fsp3) is 0.471. The minimum Gasteiger partial charge on any atom is -0.504 e. The van der Waals surface area contributed by atoms with E-state index in [0.717, 1.165) is 18.4 Å². The third-order valence-corrected chi connectivity index (χ3v) is 3.19. The number of methoxy groups -OCH3 is 1. The first-order chi connectivity index (χ1) is 10.1. The summed E-state index contributed by atoms with van der Waals surface area (Å²) in [5.74, 6) is 0.516. The van der Waals surface area contributed by atoms with Crippen molar-refractivity contribution in [3.05, 3.63) is 35.9 Å². The van der Waals surface area contributed by atoms with Crippen LogP contribution in [-0.4, -0.2) is 29.2 Å². The lowest BCUT2D eigenvalue weighted by Crippen LogP contribution is -2.11. The zero-order valence-electron chi connectivity index (χ0n) is 12.7. The van der Waals surface area contributed by atoms with Crippen molar-refractivity contribution in [1.82, 2.24) is 0 Å². The molecule has 2 N–H and O–H groups in total. The van der Waals surface area contributed by atoms with Gasteiger partial charge in [-0.1, -0.05) is 31.6 Å². The highest BCUT2D eigenvalue weighted by atomic mass is 16.5. The molecule has 1 aromatic carbocycles. The highest BCUT2D eigenvalue weighted by molar-refractivity contribution is 5.79. The third kappa shape index (κ3) is 6.45. The molecule has 0 spiro atoms. The first-order valence-corrected chi connectivity index (χ1v) is 7.29. The fourth-order valence-electron chi connectivity index (χ4n) is 1.98. The molecule has 21 heavy (non-hydrogen) atoms. The van der Waals surface area contributed by atoms with Crippen LogP contribution in [0.5, 0.6) is 11.5 Å². The molecule has 0 fully saturated rings.